The number of rotatable bonds is 13. The molecule has 1 unspecified atom stereocenters. The summed E-state index contributed by atoms with van der Waals surface area (Å²) in [5.74, 6) is 2.28. The van der Waals surface area contributed by atoms with Gasteiger partial charge in [-0.3, -0.25) is 9.59 Å². The highest BCUT2D eigenvalue weighted by atomic mass is 16.6. The number of aliphatic hydroxyl groups is 1. The molecule has 0 aromatic heterocycles. The summed E-state index contributed by atoms with van der Waals surface area (Å²) in [7, 11) is 0. The lowest BCUT2D eigenvalue weighted by atomic mass is 9.96. The van der Waals surface area contributed by atoms with Crippen molar-refractivity contribution in [2.75, 3.05) is 13.2 Å². The average Bonchev–Trinajstić information content (AvgIpc) is 3.31. The Morgan fingerprint density at radius 3 is 2.44 bits per heavy atom. The lowest BCUT2D eigenvalue weighted by molar-refractivity contribution is -0.166. The van der Waals surface area contributed by atoms with Crippen LogP contribution in [0.1, 0.15) is 70.8 Å². The van der Waals surface area contributed by atoms with Crippen molar-refractivity contribution in [1.82, 2.24) is 4.90 Å². The molecule has 2 rings (SSSR count). The number of esters is 1. The van der Waals surface area contributed by atoms with E-state index in [9.17, 15) is 9.59 Å². The fourth-order valence-electron chi connectivity index (χ4n) is 4.16. The maximum absolute atomic E-state index is 11.3. The van der Waals surface area contributed by atoms with Gasteiger partial charge in [0.25, 0.3) is 0 Å². The van der Waals surface area contributed by atoms with Crippen molar-refractivity contribution in [3.8, 4) is 12.3 Å². The van der Waals surface area contributed by atoms with Crippen LogP contribution in [0.4, 0.5) is 0 Å². The Kier molecular flexibility index (Phi) is 13.7. The number of carbonyl (C=O) groups excluding carboxylic acids is 2. The van der Waals surface area contributed by atoms with Crippen molar-refractivity contribution in [2.45, 2.75) is 77.2 Å². The van der Waals surface area contributed by atoms with Crippen LogP contribution >= 0.6 is 0 Å². The zero-order chi connectivity index (χ0) is 25.4. The number of hydrogen-bond donors (Lipinski definition) is 1. The summed E-state index contributed by atoms with van der Waals surface area (Å²) in [6.07, 6.45) is 15.3. The van der Waals surface area contributed by atoms with Gasteiger partial charge in [-0.1, -0.05) is 50.4 Å². The highest BCUT2D eigenvalue weighted by Gasteiger charge is 2.43. The van der Waals surface area contributed by atoms with E-state index in [1.54, 1.807) is 0 Å². The monoisotopic (exact) mass is 467 g/mol. The molecule has 0 saturated heterocycles. The van der Waals surface area contributed by atoms with Gasteiger partial charge >= 0.3 is 5.97 Å². The number of ketones is 1. The van der Waals surface area contributed by atoms with Crippen molar-refractivity contribution in [2.24, 2.45) is 5.92 Å². The van der Waals surface area contributed by atoms with E-state index in [0.717, 1.165) is 50.8 Å². The number of hydrogen-bond acceptors (Lipinski definition) is 5. The van der Waals surface area contributed by atoms with E-state index >= 15 is 0 Å². The highest BCUT2D eigenvalue weighted by molar-refractivity contribution is 5.90. The second-order valence-electron chi connectivity index (χ2n) is 8.83. The highest BCUT2D eigenvalue weighted by Crippen LogP contribution is 2.34. The predicted molar refractivity (Wildman–Crippen MR) is 138 cm³/mol. The van der Waals surface area contributed by atoms with Crippen molar-refractivity contribution in [1.29, 1.82) is 0 Å². The van der Waals surface area contributed by atoms with Crippen LogP contribution < -0.4 is 0 Å². The van der Waals surface area contributed by atoms with E-state index in [-0.39, 0.29) is 5.78 Å². The first-order valence-corrected chi connectivity index (χ1v) is 12.2. The van der Waals surface area contributed by atoms with Gasteiger partial charge < -0.3 is 14.7 Å². The zero-order valence-electron chi connectivity index (χ0n) is 20.9. The van der Waals surface area contributed by atoms with Gasteiger partial charge in [0.15, 0.2) is 5.60 Å². The quantitative estimate of drug-likeness (QED) is 0.238. The summed E-state index contributed by atoms with van der Waals surface area (Å²) < 4.78 is 5.00. The molecule has 1 atom stereocenters. The van der Waals surface area contributed by atoms with Gasteiger partial charge in [-0.25, -0.2) is 0 Å². The summed E-state index contributed by atoms with van der Waals surface area (Å²) in [4.78, 5) is 24.3. The van der Waals surface area contributed by atoms with Gasteiger partial charge in [-0.05, 0) is 69.0 Å². The fraction of sp³-hybridized carbons (Fsp3) is 0.517. The van der Waals surface area contributed by atoms with E-state index in [1.165, 1.54) is 18.9 Å². The van der Waals surface area contributed by atoms with Gasteiger partial charge in [0.05, 0.1) is 0 Å². The van der Waals surface area contributed by atoms with Crippen LogP contribution in [0.15, 0.2) is 55.4 Å². The molecule has 186 valence electrons. The van der Waals surface area contributed by atoms with Crippen LogP contribution in [-0.4, -0.2) is 40.5 Å². The molecular formula is C29H41NO4. The standard InChI is InChI=1S/C20H27N.C9H14O4/c1-5-7-13-18(3)19(4)21(6-2)17-12-11-16-20-14-9-8-10-15-20;1-7(11)13-9(8(12)6-10)4-2-3-5-9/h1,6,8-10,14-15,18H,2,4,7,11-13,16-17H2,3H3;10H,2-6H2,1H3. The molecule has 1 saturated carbocycles. The van der Waals surface area contributed by atoms with Crippen LogP contribution in [0.5, 0.6) is 0 Å². The molecule has 1 fully saturated rings. The van der Waals surface area contributed by atoms with Crippen LogP contribution in [0.25, 0.3) is 0 Å². The normalized spacial score (nSPS) is 14.6. The van der Waals surface area contributed by atoms with Gasteiger partial charge in [0.2, 0.25) is 5.78 Å². The Bertz CT molecular complexity index is 818. The SMILES string of the molecule is C#CCCC(C)C(=C)N(C=C)CCCCc1ccccc1.CC(=O)OC1(C(=O)CO)CCCC1. The first-order valence-electron chi connectivity index (χ1n) is 12.2. The molecule has 5 heteroatoms. The lowest BCUT2D eigenvalue weighted by Crippen LogP contribution is -2.42. The Hall–Kier alpha value is -2.84. The summed E-state index contributed by atoms with van der Waals surface area (Å²) in [5, 5.41) is 8.73. The Balaban J connectivity index is 0.000000380. The minimum atomic E-state index is -1.01. The van der Waals surface area contributed by atoms with E-state index in [1.807, 2.05) is 6.20 Å². The summed E-state index contributed by atoms with van der Waals surface area (Å²) in [5.41, 5.74) is 1.52. The number of unbranched alkanes of at least 4 members (excludes halogenated alkanes) is 1. The lowest BCUT2D eigenvalue weighted by Gasteiger charge is -2.26. The molecule has 0 amide bonds. The third-order valence-electron chi connectivity index (χ3n) is 6.24. The number of aryl methyl sites for hydroxylation is 1. The number of nitrogens with zero attached hydrogens (tertiary/aromatic N) is 1. The summed E-state index contributed by atoms with van der Waals surface area (Å²) in [6, 6.07) is 10.6. The third kappa shape index (κ3) is 9.97. The minimum absolute atomic E-state index is 0.375. The molecule has 34 heavy (non-hydrogen) atoms. The maximum atomic E-state index is 11.3. The molecule has 0 radical (unpaired) electrons. The van der Waals surface area contributed by atoms with Crippen molar-refractivity contribution < 1.29 is 19.4 Å². The molecule has 1 aliphatic rings. The number of carbonyl (C=O) groups is 2. The van der Waals surface area contributed by atoms with Crippen LogP contribution in [0.2, 0.25) is 0 Å². The predicted octanol–water partition coefficient (Wildman–Crippen LogP) is 5.44. The Morgan fingerprint density at radius 1 is 1.26 bits per heavy atom. The van der Waals surface area contributed by atoms with Crippen LogP contribution in [0, 0.1) is 18.3 Å². The molecule has 1 N–H and O–H groups in total. The first-order chi connectivity index (χ1) is 16.3. The number of terminal acetylenes is 1. The number of ether oxygens (including phenoxy) is 1. The van der Waals surface area contributed by atoms with E-state index in [0.29, 0.717) is 18.8 Å². The number of allylic oxidation sites excluding steroid dienone is 1. The van der Waals surface area contributed by atoms with E-state index in [4.69, 9.17) is 16.3 Å². The summed E-state index contributed by atoms with van der Waals surface area (Å²) >= 11 is 0. The molecule has 0 bridgehead atoms. The van der Waals surface area contributed by atoms with Gasteiger partial charge in [-0.15, -0.1) is 12.3 Å². The second-order valence-corrected chi connectivity index (χ2v) is 8.83. The topological polar surface area (TPSA) is 66.8 Å². The number of Topliss-reactive ketones (excluding diaryl/α,β-unsaturated/α-hetero) is 1. The number of benzene rings is 1. The molecule has 1 aromatic carbocycles. The average molecular weight is 468 g/mol. The Labute approximate surface area is 205 Å². The zero-order valence-corrected chi connectivity index (χ0v) is 20.9. The molecule has 1 aliphatic carbocycles. The fourth-order valence-corrected chi connectivity index (χ4v) is 4.16. The molecule has 5 nitrogen and oxygen atoms in total. The van der Waals surface area contributed by atoms with Crippen molar-refractivity contribution in [3.05, 3.63) is 61.0 Å². The van der Waals surface area contributed by atoms with Crippen LogP contribution in [-0.2, 0) is 20.7 Å². The first kappa shape index (κ1) is 29.2. The summed E-state index contributed by atoms with van der Waals surface area (Å²) in [6.45, 7) is 12.0. The van der Waals surface area contributed by atoms with Crippen molar-refractivity contribution >= 4 is 11.8 Å². The van der Waals surface area contributed by atoms with Crippen LogP contribution in [0.3, 0.4) is 0 Å². The van der Waals surface area contributed by atoms with Gasteiger partial charge in [-0.2, -0.15) is 0 Å². The van der Waals surface area contributed by atoms with Crippen molar-refractivity contribution in [3.63, 3.8) is 0 Å². The Morgan fingerprint density at radius 2 is 1.91 bits per heavy atom. The van der Waals surface area contributed by atoms with E-state index < -0.39 is 18.2 Å². The molecule has 0 spiro atoms. The largest absolute Gasteiger partial charge is 0.451 e. The molecule has 0 aliphatic heterocycles. The third-order valence-corrected chi connectivity index (χ3v) is 6.24. The molecular weight excluding hydrogens is 426 g/mol. The molecule has 0 heterocycles. The minimum Gasteiger partial charge on any atom is -0.451 e. The van der Waals surface area contributed by atoms with E-state index in [2.05, 4.69) is 61.2 Å². The van der Waals surface area contributed by atoms with Gasteiger partial charge in [0.1, 0.15) is 6.61 Å². The maximum Gasteiger partial charge on any atom is 0.303 e. The number of aliphatic hydroxyl groups excluding tert-OH is 1. The van der Waals surface area contributed by atoms with Gasteiger partial charge in [0, 0.05) is 25.6 Å². The second kappa shape index (κ2) is 15.9. The smallest absolute Gasteiger partial charge is 0.303 e. The molecule has 1 aromatic rings.